The number of sulfonamides is 1. The Balaban J connectivity index is 2.14. The fourth-order valence-corrected chi connectivity index (χ4v) is 4.39. The maximum atomic E-state index is 12.5. The molecule has 0 aromatic heterocycles. The molecule has 22 heavy (non-hydrogen) atoms. The normalized spacial score (nSPS) is 11.6. The molecule has 3 nitrogen and oxygen atoms in total. The molecule has 0 aliphatic rings. The molecule has 118 valence electrons. The van der Waals surface area contributed by atoms with Crippen LogP contribution in [0.5, 0.6) is 0 Å². The average Bonchev–Trinajstić information content (AvgIpc) is 2.39. The lowest BCUT2D eigenvalue weighted by Crippen LogP contribution is -2.27. The summed E-state index contributed by atoms with van der Waals surface area (Å²) in [7, 11) is -3.51. The summed E-state index contributed by atoms with van der Waals surface area (Å²) in [5, 5.41) is 0.657. The SMILES string of the molecule is Cc1cc(C)c(S(=O)(=O)NCCc2ccccc2Cl)c(C)c1. The monoisotopic (exact) mass is 337 g/mol. The molecule has 0 saturated carbocycles. The first-order chi connectivity index (χ1) is 10.3. The Morgan fingerprint density at radius 2 is 1.64 bits per heavy atom. The molecular weight excluding hydrogens is 318 g/mol. The summed E-state index contributed by atoms with van der Waals surface area (Å²) in [5.41, 5.74) is 3.53. The topological polar surface area (TPSA) is 46.2 Å². The van der Waals surface area contributed by atoms with E-state index in [1.807, 2.05) is 51.1 Å². The maximum Gasteiger partial charge on any atom is 0.241 e. The molecule has 0 bridgehead atoms. The van der Waals surface area contributed by atoms with Gasteiger partial charge in [0.05, 0.1) is 4.90 Å². The molecule has 0 atom stereocenters. The van der Waals surface area contributed by atoms with E-state index < -0.39 is 10.0 Å². The molecule has 0 saturated heterocycles. The smallest absolute Gasteiger partial charge is 0.211 e. The molecule has 0 heterocycles. The third-order valence-corrected chi connectivity index (χ3v) is 5.65. The van der Waals surface area contributed by atoms with Crippen molar-refractivity contribution in [3.63, 3.8) is 0 Å². The van der Waals surface area contributed by atoms with Gasteiger partial charge in [-0.1, -0.05) is 47.5 Å². The van der Waals surface area contributed by atoms with Crippen LogP contribution < -0.4 is 4.72 Å². The van der Waals surface area contributed by atoms with Crippen molar-refractivity contribution < 1.29 is 8.42 Å². The number of hydrogen-bond donors (Lipinski definition) is 1. The van der Waals surface area contributed by atoms with Crippen molar-refractivity contribution in [1.82, 2.24) is 4.72 Å². The van der Waals surface area contributed by atoms with Crippen molar-refractivity contribution in [2.75, 3.05) is 6.54 Å². The van der Waals surface area contributed by atoms with Crippen LogP contribution in [0.2, 0.25) is 5.02 Å². The number of rotatable bonds is 5. The zero-order valence-corrected chi connectivity index (χ0v) is 14.6. The van der Waals surface area contributed by atoms with Crippen molar-refractivity contribution in [3.05, 3.63) is 63.7 Å². The number of nitrogens with one attached hydrogen (secondary N) is 1. The van der Waals surface area contributed by atoms with E-state index in [0.717, 1.165) is 22.3 Å². The van der Waals surface area contributed by atoms with Crippen LogP contribution in [0.1, 0.15) is 22.3 Å². The summed E-state index contributed by atoms with van der Waals surface area (Å²) < 4.78 is 27.7. The predicted molar refractivity (Wildman–Crippen MR) is 91.0 cm³/mol. The van der Waals surface area contributed by atoms with Crippen LogP contribution in [0, 0.1) is 20.8 Å². The Labute approximate surface area is 137 Å². The second-order valence-corrected chi connectivity index (χ2v) is 7.58. The van der Waals surface area contributed by atoms with Gasteiger partial charge in [0, 0.05) is 11.6 Å². The summed E-state index contributed by atoms with van der Waals surface area (Å²) in [6.45, 7) is 5.92. The lowest BCUT2D eigenvalue weighted by atomic mass is 10.1. The van der Waals surface area contributed by atoms with Gasteiger partial charge >= 0.3 is 0 Å². The van der Waals surface area contributed by atoms with E-state index in [2.05, 4.69) is 4.72 Å². The molecule has 1 N–H and O–H groups in total. The first kappa shape index (κ1) is 17.0. The minimum absolute atomic E-state index is 0.318. The molecule has 2 rings (SSSR count). The van der Waals surface area contributed by atoms with Gasteiger partial charge in [0.2, 0.25) is 10.0 Å². The number of halogens is 1. The van der Waals surface area contributed by atoms with Gasteiger partial charge in [-0.25, -0.2) is 13.1 Å². The number of hydrogen-bond acceptors (Lipinski definition) is 2. The van der Waals surface area contributed by atoms with Crippen molar-refractivity contribution in [2.45, 2.75) is 32.1 Å². The van der Waals surface area contributed by atoms with Crippen LogP contribution in [-0.2, 0) is 16.4 Å². The molecular formula is C17H20ClNO2S. The Morgan fingerprint density at radius 3 is 2.23 bits per heavy atom. The predicted octanol–water partition coefficient (Wildman–Crippen LogP) is 3.79. The lowest BCUT2D eigenvalue weighted by Gasteiger charge is -2.13. The van der Waals surface area contributed by atoms with Crippen LogP contribution in [0.15, 0.2) is 41.3 Å². The fraction of sp³-hybridized carbons (Fsp3) is 0.294. The highest BCUT2D eigenvalue weighted by molar-refractivity contribution is 7.89. The molecule has 0 spiro atoms. The standard InChI is InChI=1S/C17H20ClNO2S/c1-12-10-13(2)17(14(3)11-12)22(20,21)19-9-8-15-6-4-5-7-16(15)18/h4-7,10-11,19H,8-9H2,1-3H3. The van der Waals surface area contributed by atoms with Gasteiger partial charge in [0.1, 0.15) is 0 Å². The largest absolute Gasteiger partial charge is 0.241 e. The maximum absolute atomic E-state index is 12.5. The molecule has 0 aliphatic carbocycles. The molecule has 5 heteroatoms. The van der Waals surface area contributed by atoms with Crippen LogP contribution in [-0.4, -0.2) is 15.0 Å². The van der Waals surface area contributed by atoms with Gasteiger partial charge in [-0.3, -0.25) is 0 Å². The van der Waals surface area contributed by atoms with Gasteiger partial charge in [0.25, 0.3) is 0 Å². The quantitative estimate of drug-likeness (QED) is 0.902. The summed E-state index contributed by atoms with van der Waals surface area (Å²) in [4.78, 5) is 0.372. The van der Waals surface area contributed by atoms with E-state index in [9.17, 15) is 8.42 Å². The highest BCUT2D eigenvalue weighted by atomic mass is 35.5. The second kappa shape index (κ2) is 6.82. The van der Waals surface area contributed by atoms with Crippen molar-refractivity contribution >= 4 is 21.6 Å². The van der Waals surface area contributed by atoms with Crippen molar-refractivity contribution in [1.29, 1.82) is 0 Å². The molecule has 0 fully saturated rings. The Morgan fingerprint density at radius 1 is 1.05 bits per heavy atom. The molecule has 0 unspecified atom stereocenters. The third-order valence-electron chi connectivity index (χ3n) is 3.52. The van der Waals surface area contributed by atoms with E-state index in [1.54, 1.807) is 6.07 Å². The molecule has 2 aromatic rings. The van der Waals surface area contributed by atoms with Gasteiger partial charge in [-0.2, -0.15) is 0 Å². The van der Waals surface area contributed by atoms with E-state index >= 15 is 0 Å². The van der Waals surface area contributed by atoms with Crippen molar-refractivity contribution in [2.24, 2.45) is 0 Å². The van der Waals surface area contributed by atoms with Gasteiger partial charge in [-0.15, -0.1) is 0 Å². The summed E-state index contributed by atoms with van der Waals surface area (Å²) in [6, 6.07) is 11.2. The summed E-state index contributed by atoms with van der Waals surface area (Å²) in [5.74, 6) is 0. The molecule has 0 aliphatic heterocycles. The van der Waals surface area contributed by atoms with E-state index in [1.165, 1.54) is 0 Å². The average molecular weight is 338 g/mol. The molecule has 0 amide bonds. The zero-order valence-electron chi connectivity index (χ0n) is 13.0. The highest BCUT2D eigenvalue weighted by Gasteiger charge is 2.19. The van der Waals surface area contributed by atoms with E-state index in [4.69, 9.17) is 11.6 Å². The minimum Gasteiger partial charge on any atom is -0.211 e. The highest BCUT2D eigenvalue weighted by Crippen LogP contribution is 2.21. The minimum atomic E-state index is -3.51. The Bertz CT molecular complexity index is 762. The van der Waals surface area contributed by atoms with Gasteiger partial charge < -0.3 is 0 Å². The van der Waals surface area contributed by atoms with Gasteiger partial charge in [-0.05, 0) is 49.9 Å². The van der Waals surface area contributed by atoms with Crippen LogP contribution >= 0.6 is 11.6 Å². The first-order valence-electron chi connectivity index (χ1n) is 7.12. The summed E-state index contributed by atoms with van der Waals surface area (Å²) >= 11 is 6.08. The fourth-order valence-electron chi connectivity index (χ4n) is 2.68. The van der Waals surface area contributed by atoms with Crippen molar-refractivity contribution in [3.8, 4) is 0 Å². The lowest BCUT2D eigenvalue weighted by molar-refractivity contribution is 0.580. The zero-order chi connectivity index (χ0) is 16.3. The van der Waals surface area contributed by atoms with Crippen LogP contribution in [0.3, 0.4) is 0 Å². The first-order valence-corrected chi connectivity index (χ1v) is 8.98. The van der Waals surface area contributed by atoms with Gasteiger partial charge in [0.15, 0.2) is 0 Å². The molecule has 2 aromatic carbocycles. The number of aryl methyl sites for hydroxylation is 3. The Kier molecular flexibility index (Phi) is 5.27. The Hall–Kier alpha value is -1.36. The van der Waals surface area contributed by atoms with Crippen LogP contribution in [0.25, 0.3) is 0 Å². The second-order valence-electron chi connectivity index (χ2n) is 5.47. The number of benzene rings is 2. The molecule has 0 radical (unpaired) electrons. The van der Waals surface area contributed by atoms with Crippen LogP contribution in [0.4, 0.5) is 0 Å². The van der Waals surface area contributed by atoms with E-state index in [0.29, 0.717) is 22.9 Å². The third kappa shape index (κ3) is 3.88. The summed E-state index contributed by atoms with van der Waals surface area (Å²) in [6.07, 6.45) is 0.558. The van der Waals surface area contributed by atoms with E-state index in [-0.39, 0.29) is 0 Å².